The van der Waals surface area contributed by atoms with Gasteiger partial charge in [0, 0.05) is 22.0 Å². The molecule has 17 heavy (non-hydrogen) atoms. The third-order valence-electron chi connectivity index (χ3n) is 2.81. The topological polar surface area (TPSA) is 12.0 Å². The lowest BCUT2D eigenvalue weighted by Gasteiger charge is -2.09. The van der Waals surface area contributed by atoms with Gasteiger partial charge in [-0.1, -0.05) is 6.07 Å². The summed E-state index contributed by atoms with van der Waals surface area (Å²) in [6.07, 6.45) is 0. The van der Waals surface area contributed by atoms with Gasteiger partial charge in [-0.15, -0.1) is 11.3 Å². The Kier molecular flexibility index (Phi) is 3.48. The summed E-state index contributed by atoms with van der Waals surface area (Å²) in [5.74, 6) is -0.198. The number of nitrogens with one attached hydrogen (secondary N) is 1. The fourth-order valence-electron chi connectivity index (χ4n) is 1.83. The van der Waals surface area contributed by atoms with Crippen LogP contribution < -0.4 is 5.32 Å². The molecule has 2 rings (SSSR count). The highest BCUT2D eigenvalue weighted by Gasteiger charge is 2.04. The van der Waals surface area contributed by atoms with Crippen LogP contribution >= 0.6 is 11.3 Å². The number of hydrogen-bond donors (Lipinski definition) is 1. The second kappa shape index (κ2) is 4.88. The number of hydrogen-bond acceptors (Lipinski definition) is 2. The Hall–Kier alpha value is -1.35. The van der Waals surface area contributed by atoms with Gasteiger partial charge in [0.1, 0.15) is 5.82 Å². The SMILES string of the molecule is Cc1cc(CNc2cc(F)ccc2C)c(C)s1. The third kappa shape index (κ3) is 2.86. The molecule has 1 aromatic carbocycles. The van der Waals surface area contributed by atoms with Crippen LogP contribution in [0.5, 0.6) is 0 Å². The third-order valence-corrected chi connectivity index (χ3v) is 3.82. The summed E-state index contributed by atoms with van der Waals surface area (Å²) in [5.41, 5.74) is 3.22. The van der Waals surface area contributed by atoms with Crippen LogP contribution in [0.15, 0.2) is 24.3 Å². The molecule has 0 saturated heterocycles. The molecule has 0 aliphatic carbocycles. The van der Waals surface area contributed by atoms with Crippen LogP contribution in [0.3, 0.4) is 0 Å². The van der Waals surface area contributed by atoms with E-state index in [2.05, 4.69) is 25.2 Å². The summed E-state index contributed by atoms with van der Waals surface area (Å²) in [6, 6.07) is 7.01. The van der Waals surface area contributed by atoms with Crippen LogP contribution in [0, 0.1) is 26.6 Å². The lowest BCUT2D eigenvalue weighted by atomic mass is 10.2. The van der Waals surface area contributed by atoms with Crippen LogP contribution in [-0.4, -0.2) is 0 Å². The van der Waals surface area contributed by atoms with Crippen molar-refractivity contribution in [3.05, 3.63) is 51.0 Å². The molecular weight excluding hydrogens is 233 g/mol. The molecule has 0 atom stereocenters. The standard InChI is InChI=1S/C14H16FNS/c1-9-4-5-13(15)7-14(9)16-8-12-6-10(2)17-11(12)3/h4-7,16H,8H2,1-3H3. The average Bonchev–Trinajstić information content (AvgIpc) is 2.59. The van der Waals surface area contributed by atoms with Crippen LogP contribution in [-0.2, 0) is 6.54 Å². The van der Waals surface area contributed by atoms with E-state index in [0.717, 1.165) is 17.8 Å². The molecule has 0 radical (unpaired) electrons. The quantitative estimate of drug-likeness (QED) is 0.848. The van der Waals surface area contributed by atoms with Gasteiger partial charge in [0.25, 0.3) is 0 Å². The Balaban J connectivity index is 2.12. The van der Waals surface area contributed by atoms with E-state index in [1.54, 1.807) is 23.5 Å². The number of rotatable bonds is 3. The van der Waals surface area contributed by atoms with Gasteiger partial charge in [-0.25, -0.2) is 4.39 Å². The van der Waals surface area contributed by atoms with E-state index in [-0.39, 0.29) is 5.82 Å². The van der Waals surface area contributed by atoms with Crippen LogP contribution in [0.25, 0.3) is 0 Å². The number of aryl methyl sites for hydroxylation is 3. The zero-order valence-corrected chi connectivity index (χ0v) is 11.1. The molecule has 90 valence electrons. The molecule has 0 aliphatic heterocycles. The molecule has 0 fully saturated rings. The van der Waals surface area contributed by atoms with Crippen molar-refractivity contribution in [2.75, 3.05) is 5.32 Å². The van der Waals surface area contributed by atoms with Crippen LogP contribution in [0.4, 0.5) is 10.1 Å². The van der Waals surface area contributed by atoms with Crippen molar-refractivity contribution >= 4 is 17.0 Å². The minimum absolute atomic E-state index is 0.198. The first kappa shape index (κ1) is 12.1. The van der Waals surface area contributed by atoms with Crippen molar-refractivity contribution in [3.8, 4) is 0 Å². The molecular formula is C14H16FNS. The molecule has 2 aromatic rings. The van der Waals surface area contributed by atoms with Gasteiger partial charge >= 0.3 is 0 Å². The minimum Gasteiger partial charge on any atom is -0.381 e. The summed E-state index contributed by atoms with van der Waals surface area (Å²) in [7, 11) is 0. The van der Waals surface area contributed by atoms with Crippen molar-refractivity contribution in [2.24, 2.45) is 0 Å². The molecule has 0 bridgehead atoms. The normalized spacial score (nSPS) is 10.6. The van der Waals surface area contributed by atoms with E-state index >= 15 is 0 Å². The smallest absolute Gasteiger partial charge is 0.125 e. The molecule has 1 aromatic heterocycles. The first-order valence-corrected chi connectivity index (χ1v) is 6.44. The van der Waals surface area contributed by atoms with Crippen LogP contribution in [0.2, 0.25) is 0 Å². The van der Waals surface area contributed by atoms with E-state index in [1.165, 1.54) is 21.4 Å². The summed E-state index contributed by atoms with van der Waals surface area (Å²) in [6.45, 7) is 6.95. The molecule has 3 heteroatoms. The second-order valence-corrected chi connectivity index (χ2v) is 5.71. The predicted octanol–water partition coefficient (Wildman–Crippen LogP) is 4.42. The highest BCUT2D eigenvalue weighted by atomic mass is 32.1. The number of halogens is 1. The highest BCUT2D eigenvalue weighted by Crippen LogP contribution is 2.23. The Morgan fingerprint density at radius 1 is 1.18 bits per heavy atom. The van der Waals surface area contributed by atoms with Crippen molar-refractivity contribution in [3.63, 3.8) is 0 Å². The first-order valence-electron chi connectivity index (χ1n) is 5.62. The number of thiophene rings is 1. The van der Waals surface area contributed by atoms with Gasteiger partial charge in [0.05, 0.1) is 0 Å². The predicted molar refractivity (Wildman–Crippen MR) is 72.3 cm³/mol. The lowest BCUT2D eigenvalue weighted by molar-refractivity contribution is 0.628. The second-order valence-electron chi connectivity index (χ2n) is 4.25. The Morgan fingerprint density at radius 3 is 2.59 bits per heavy atom. The lowest BCUT2D eigenvalue weighted by Crippen LogP contribution is -2.01. The Morgan fingerprint density at radius 2 is 1.94 bits per heavy atom. The Labute approximate surface area is 105 Å². The van der Waals surface area contributed by atoms with Gasteiger partial charge < -0.3 is 5.32 Å². The van der Waals surface area contributed by atoms with E-state index in [9.17, 15) is 4.39 Å². The molecule has 0 spiro atoms. The zero-order valence-electron chi connectivity index (χ0n) is 10.3. The van der Waals surface area contributed by atoms with Crippen molar-refractivity contribution in [1.82, 2.24) is 0 Å². The monoisotopic (exact) mass is 249 g/mol. The maximum atomic E-state index is 13.1. The van der Waals surface area contributed by atoms with Crippen molar-refractivity contribution in [1.29, 1.82) is 0 Å². The summed E-state index contributed by atoms with van der Waals surface area (Å²) < 4.78 is 13.1. The number of anilines is 1. The molecule has 0 saturated carbocycles. The van der Waals surface area contributed by atoms with E-state index in [1.807, 2.05) is 6.92 Å². The van der Waals surface area contributed by atoms with Gasteiger partial charge in [-0.2, -0.15) is 0 Å². The molecule has 0 amide bonds. The van der Waals surface area contributed by atoms with E-state index in [0.29, 0.717) is 0 Å². The van der Waals surface area contributed by atoms with Gasteiger partial charge in [0.2, 0.25) is 0 Å². The Bertz CT molecular complexity index is 531. The fraction of sp³-hybridized carbons (Fsp3) is 0.286. The fourth-order valence-corrected chi connectivity index (χ4v) is 2.78. The zero-order chi connectivity index (χ0) is 12.4. The number of benzene rings is 1. The highest BCUT2D eigenvalue weighted by molar-refractivity contribution is 7.12. The van der Waals surface area contributed by atoms with Gasteiger partial charge in [-0.05, 0) is 50.1 Å². The largest absolute Gasteiger partial charge is 0.381 e. The van der Waals surface area contributed by atoms with E-state index < -0.39 is 0 Å². The van der Waals surface area contributed by atoms with Crippen LogP contribution in [0.1, 0.15) is 20.9 Å². The first-order chi connectivity index (χ1) is 8.06. The summed E-state index contributed by atoms with van der Waals surface area (Å²) >= 11 is 1.80. The van der Waals surface area contributed by atoms with Crippen molar-refractivity contribution in [2.45, 2.75) is 27.3 Å². The van der Waals surface area contributed by atoms with E-state index in [4.69, 9.17) is 0 Å². The average molecular weight is 249 g/mol. The maximum absolute atomic E-state index is 13.1. The van der Waals surface area contributed by atoms with Gasteiger partial charge in [-0.3, -0.25) is 0 Å². The summed E-state index contributed by atoms with van der Waals surface area (Å²) in [4.78, 5) is 2.64. The molecule has 1 N–H and O–H groups in total. The molecule has 0 unspecified atom stereocenters. The van der Waals surface area contributed by atoms with Gasteiger partial charge in [0.15, 0.2) is 0 Å². The molecule has 1 heterocycles. The minimum atomic E-state index is -0.198. The maximum Gasteiger partial charge on any atom is 0.125 e. The van der Waals surface area contributed by atoms with Crippen molar-refractivity contribution < 1.29 is 4.39 Å². The summed E-state index contributed by atoms with van der Waals surface area (Å²) in [5, 5.41) is 3.29. The molecule has 1 nitrogen and oxygen atoms in total. The molecule has 0 aliphatic rings.